The van der Waals surface area contributed by atoms with Gasteiger partial charge in [0.15, 0.2) is 0 Å². The fourth-order valence-electron chi connectivity index (χ4n) is 1.72. The van der Waals surface area contributed by atoms with Gasteiger partial charge in [-0.05, 0) is 19.4 Å². The van der Waals surface area contributed by atoms with Crippen LogP contribution in [0.4, 0.5) is 0 Å². The number of hydrogen-bond acceptors (Lipinski definition) is 3. The van der Waals surface area contributed by atoms with E-state index >= 15 is 0 Å². The Bertz CT molecular complexity index is 521. The first-order valence-electron chi connectivity index (χ1n) is 5.60. The van der Waals surface area contributed by atoms with Gasteiger partial charge in [-0.15, -0.1) is 11.3 Å². The smallest absolute Gasteiger partial charge is 0.252 e. The lowest BCUT2D eigenvalue weighted by Crippen LogP contribution is -2.32. The van der Waals surface area contributed by atoms with Crippen molar-refractivity contribution in [1.82, 2.24) is 5.32 Å². The monoisotopic (exact) mass is 249 g/mol. The molecule has 0 saturated carbocycles. The molecule has 0 aliphatic rings. The van der Waals surface area contributed by atoms with E-state index in [1.165, 1.54) is 0 Å². The number of hydrogen-bond donors (Lipinski definition) is 2. The third-order valence-electron chi connectivity index (χ3n) is 2.67. The summed E-state index contributed by atoms with van der Waals surface area (Å²) in [6.45, 7) is 1.98. The third-order valence-corrected chi connectivity index (χ3v) is 3.63. The van der Waals surface area contributed by atoms with E-state index in [1.807, 2.05) is 36.6 Å². The van der Waals surface area contributed by atoms with Crippen molar-refractivity contribution in [2.45, 2.75) is 19.4 Å². The molecule has 1 aromatic heterocycles. The normalized spacial score (nSPS) is 12.6. The summed E-state index contributed by atoms with van der Waals surface area (Å²) in [6.07, 6.45) is 0.577. The number of fused-ring (bicyclic) bond motifs is 1. The average molecular weight is 249 g/mol. The molecule has 0 aliphatic heterocycles. The number of nitrogens with one attached hydrogen (secondary N) is 1. The predicted molar refractivity (Wildman–Crippen MR) is 70.5 cm³/mol. The predicted octanol–water partition coefficient (Wildman–Crippen LogP) is 2.40. The fourth-order valence-corrected chi connectivity index (χ4v) is 2.66. The lowest BCUT2D eigenvalue weighted by atomic mass is 10.1. The minimum absolute atomic E-state index is 0.00818. The lowest BCUT2D eigenvalue weighted by molar-refractivity contribution is 0.0936. The van der Waals surface area contributed by atoms with Crippen LogP contribution in [-0.2, 0) is 0 Å². The van der Waals surface area contributed by atoms with E-state index in [1.54, 1.807) is 11.3 Å². The van der Waals surface area contributed by atoms with Crippen molar-refractivity contribution in [2.75, 3.05) is 6.61 Å². The van der Waals surface area contributed by atoms with E-state index in [0.717, 1.165) is 15.6 Å². The van der Waals surface area contributed by atoms with Crippen LogP contribution in [0.5, 0.6) is 0 Å². The quantitative estimate of drug-likeness (QED) is 0.874. The van der Waals surface area contributed by atoms with Crippen LogP contribution in [-0.4, -0.2) is 23.7 Å². The Morgan fingerprint density at radius 2 is 2.24 bits per heavy atom. The molecule has 0 bridgehead atoms. The second-order valence-electron chi connectivity index (χ2n) is 4.03. The zero-order valence-electron chi connectivity index (χ0n) is 9.64. The highest BCUT2D eigenvalue weighted by Crippen LogP contribution is 2.25. The Morgan fingerprint density at radius 3 is 3.00 bits per heavy atom. The van der Waals surface area contributed by atoms with Gasteiger partial charge in [-0.2, -0.15) is 0 Å². The second kappa shape index (κ2) is 5.29. The van der Waals surface area contributed by atoms with Crippen LogP contribution in [0.15, 0.2) is 29.6 Å². The van der Waals surface area contributed by atoms with Crippen molar-refractivity contribution in [3.8, 4) is 0 Å². The third kappa shape index (κ3) is 2.65. The maximum Gasteiger partial charge on any atom is 0.252 e. The number of amides is 1. The first-order chi connectivity index (χ1) is 8.22. The first-order valence-corrected chi connectivity index (χ1v) is 6.48. The van der Waals surface area contributed by atoms with Gasteiger partial charge in [0.05, 0.1) is 5.56 Å². The van der Waals surface area contributed by atoms with Gasteiger partial charge in [0.25, 0.3) is 5.91 Å². The summed E-state index contributed by atoms with van der Waals surface area (Å²) in [4.78, 5) is 12.0. The Labute approximate surface area is 104 Å². The van der Waals surface area contributed by atoms with E-state index in [4.69, 9.17) is 5.11 Å². The van der Waals surface area contributed by atoms with Crippen molar-refractivity contribution in [1.29, 1.82) is 0 Å². The second-order valence-corrected chi connectivity index (χ2v) is 4.94. The molecule has 1 aromatic carbocycles. The van der Waals surface area contributed by atoms with Crippen molar-refractivity contribution < 1.29 is 9.90 Å². The molecule has 2 N–H and O–H groups in total. The fraction of sp³-hybridized carbons (Fsp3) is 0.308. The molecule has 1 unspecified atom stereocenters. The summed E-state index contributed by atoms with van der Waals surface area (Å²) in [7, 11) is 0. The molecule has 2 rings (SSSR count). The molecule has 1 amide bonds. The van der Waals surface area contributed by atoms with Crippen LogP contribution in [0.25, 0.3) is 10.1 Å². The molecule has 0 fully saturated rings. The van der Waals surface area contributed by atoms with E-state index < -0.39 is 0 Å². The largest absolute Gasteiger partial charge is 0.396 e. The molecular weight excluding hydrogens is 234 g/mol. The van der Waals surface area contributed by atoms with Crippen LogP contribution in [0.2, 0.25) is 0 Å². The summed E-state index contributed by atoms with van der Waals surface area (Å²) in [5.74, 6) is -0.0663. The van der Waals surface area contributed by atoms with Crippen molar-refractivity contribution >= 4 is 27.3 Å². The molecule has 0 radical (unpaired) electrons. The molecule has 1 atom stereocenters. The standard InChI is InChI=1S/C13H15NO2S/c1-9(6-7-15)14-13(16)11-8-17-12-5-3-2-4-10(11)12/h2-5,8-9,15H,6-7H2,1H3,(H,14,16). The van der Waals surface area contributed by atoms with Gasteiger partial charge in [0, 0.05) is 28.1 Å². The van der Waals surface area contributed by atoms with Gasteiger partial charge in [-0.3, -0.25) is 4.79 Å². The molecule has 90 valence electrons. The minimum Gasteiger partial charge on any atom is -0.396 e. The summed E-state index contributed by atoms with van der Waals surface area (Å²) < 4.78 is 1.12. The van der Waals surface area contributed by atoms with E-state index in [0.29, 0.717) is 6.42 Å². The highest BCUT2D eigenvalue weighted by molar-refractivity contribution is 7.17. The van der Waals surface area contributed by atoms with Gasteiger partial charge in [0.2, 0.25) is 0 Å². The maximum absolute atomic E-state index is 12.0. The topological polar surface area (TPSA) is 49.3 Å². The number of rotatable bonds is 4. The number of carbonyl (C=O) groups excluding carboxylic acids is 1. The first kappa shape index (κ1) is 12.1. The van der Waals surface area contributed by atoms with Crippen LogP contribution in [0.1, 0.15) is 23.7 Å². The maximum atomic E-state index is 12.0. The molecule has 17 heavy (non-hydrogen) atoms. The highest BCUT2D eigenvalue weighted by atomic mass is 32.1. The molecule has 2 aromatic rings. The Morgan fingerprint density at radius 1 is 1.47 bits per heavy atom. The Balaban J connectivity index is 2.19. The van der Waals surface area contributed by atoms with Crippen LogP contribution < -0.4 is 5.32 Å². The van der Waals surface area contributed by atoms with Crippen LogP contribution in [0.3, 0.4) is 0 Å². The summed E-state index contributed by atoms with van der Waals surface area (Å²) >= 11 is 1.57. The van der Waals surface area contributed by atoms with Crippen molar-refractivity contribution in [3.63, 3.8) is 0 Å². The summed E-state index contributed by atoms with van der Waals surface area (Å²) in [6, 6.07) is 7.86. The highest BCUT2D eigenvalue weighted by Gasteiger charge is 2.13. The molecular formula is C13H15NO2S. The molecule has 0 spiro atoms. The van der Waals surface area contributed by atoms with Crippen LogP contribution in [0, 0.1) is 0 Å². The number of thiophene rings is 1. The van der Waals surface area contributed by atoms with Crippen molar-refractivity contribution in [2.24, 2.45) is 0 Å². The van der Waals surface area contributed by atoms with Crippen LogP contribution >= 0.6 is 11.3 Å². The number of aliphatic hydroxyl groups excluding tert-OH is 1. The number of benzene rings is 1. The lowest BCUT2D eigenvalue weighted by Gasteiger charge is -2.11. The average Bonchev–Trinajstić information content (AvgIpc) is 2.72. The summed E-state index contributed by atoms with van der Waals surface area (Å²) in [5.41, 5.74) is 0.718. The van der Waals surface area contributed by atoms with E-state index in [2.05, 4.69) is 5.32 Å². The SMILES string of the molecule is CC(CCO)NC(=O)c1csc2ccccc12. The van der Waals surface area contributed by atoms with Crippen molar-refractivity contribution in [3.05, 3.63) is 35.2 Å². The minimum atomic E-state index is -0.0663. The molecule has 3 nitrogen and oxygen atoms in total. The van der Waals surface area contributed by atoms with E-state index in [-0.39, 0.29) is 18.6 Å². The van der Waals surface area contributed by atoms with Gasteiger partial charge >= 0.3 is 0 Å². The van der Waals surface area contributed by atoms with Gasteiger partial charge in [0.1, 0.15) is 0 Å². The zero-order chi connectivity index (χ0) is 12.3. The number of carbonyl (C=O) groups is 1. The molecule has 0 saturated heterocycles. The molecule has 1 heterocycles. The Kier molecular flexibility index (Phi) is 3.76. The van der Waals surface area contributed by atoms with Gasteiger partial charge in [-0.1, -0.05) is 18.2 Å². The molecule has 0 aliphatic carbocycles. The number of aliphatic hydroxyl groups is 1. The van der Waals surface area contributed by atoms with E-state index in [9.17, 15) is 4.79 Å². The van der Waals surface area contributed by atoms with Gasteiger partial charge in [-0.25, -0.2) is 0 Å². The van der Waals surface area contributed by atoms with Gasteiger partial charge < -0.3 is 10.4 Å². The molecule has 4 heteroatoms. The Hall–Kier alpha value is -1.39. The summed E-state index contributed by atoms with van der Waals surface area (Å²) in [5, 5.41) is 14.6. The zero-order valence-corrected chi connectivity index (χ0v) is 10.5.